The van der Waals surface area contributed by atoms with Gasteiger partial charge in [0.2, 0.25) is 0 Å². The Morgan fingerprint density at radius 1 is 1.47 bits per heavy atom. The zero-order valence-corrected chi connectivity index (χ0v) is 10.9. The van der Waals surface area contributed by atoms with Gasteiger partial charge in [-0.3, -0.25) is 4.98 Å². The second-order valence-electron chi connectivity index (χ2n) is 5.05. The highest BCUT2D eigenvalue weighted by atomic mass is 16.3. The minimum absolute atomic E-state index is 0.435. The SMILES string of the molecule is CCC(O)c1ccc(N(C)C(C)C2CC2)cn1. The van der Waals surface area contributed by atoms with Crippen molar-refractivity contribution in [3.63, 3.8) is 0 Å². The monoisotopic (exact) mass is 234 g/mol. The van der Waals surface area contributed by atoms with Crippen molar-refractivity contribution < 1.29 is 5.11 Å². The molecule has 0 aliphatic heterocycles. The number of aromatic nitrogens is 1. The third-order valence-corrected chi connectivity index (χ3v) is 3.82. The molecule has 2 rings (SSSR count). The van der Waals surface area contributed by atoms with Crippen molar-refractivity contribution in [2.75, 3.05) is 11.9 Å². The summed E-state index contributed by atoms with van der Waals surface area (Å²) >= 11 is 0. The van der Waals surface area contributed by atoms with Crippen LogP contribution in [0.2, 0.25) is 0 Å². The van der Waals surface area contributed by atoms with Gasteiger partial charge in [-0.1, -0.05) is 6.92 Å². The highest BCUT2D eigenvalue weighted by Crippen LogP contribution is 2.36. The minimum Gasteiger partial charge on any atom is -0.387 e. The fourth-order valence-electron chi connectivity index (χ4n) is 2.14. The standard InChI is InChI=1S/C14H22N2O/c1-4-14(17)13-8-7-12(9-15-13)16(3)10(2)11-5-6-11/h7-11,14,17H,4-6H2,1-3H3. The van der Waals surface area contributed by atoms with E-state index in [1.54, 1.807) is 0 Å². The normalized spacial score (nSPS) is 18.8. The quantitative estimate of drug-likeness (QED) is 0.851. The van der Waals surface area contributed by atoms with Crippen LogP contribution in [0.3, 0.4) is 0 Å². The topological polar surface area (TPSA) is 36.4 Å². The predicted octanol–water partition coefficient (Wildman–Crippen LogP) is 2.76. The van der Waals surface area contributed by atoms with Crippen LogP contribution in [0.25, 0.3) is 0 Å². The summed E-state index contributed by atoms with van der Waals surface area (Å²) in [4.78, 5) is 6.63. The molecule has 0 bridgehead atoms. The van der Waals surface area contributed by atoms with Crippen LogP contribution in [0.1, 0.15) is 44.9 Å². The number of hydrogen-bond acceptors (Lipinski definition) is 3. The van der Waals surface area contributed by atoms with Crippen LogP contribution in [0.15, 0.2) is 18.3 Å². The molecule has 1 aromatic heterocycles. The molecule has 1 aliphatic carbocycles. The Bertz CT molecular complexity index is 359. The molecular weight excluding hydrogens is 212 g/mol. The van der Waals surface area contributed by atoms with Gasteiger partial charge in [-0.2, -0.15) is 0 Å². The molecule has 1 fully saturated rings. The molecule has 1 saturated carbocycles. The molecule has 94 valence electrons. The summed E-state index contributed by atoms with van der Waals surface area (Å²) in [5.41, 5.74) is 1.90. The van der Waals surface area contributed by atoms with E-state index in [0.29, 0.717) is 12.5 Å². The molecule has 0 saturated heterocycles. The van der Waals surface area contributed by atoms with Gasteiger partial charge in [0, 0.05) is 13.1 Å². The summed E-state index contributed by atoms with van der Waals surface area (Å²) < 4.78 is 0. The lowest BCUT2D eigenvalue weighted by molar-refractivity contribution is 0.169. The van der Waals surface area contributed by atoms with Crippen molar-refractivity contribution in [1.82, 2.24) is 4.98 Å². The van der Waals surface area contributed by atoms with Gasteiger partial charge in [0.15, 0.2) is 0 Å². The molecule has 2 atom stereocenters. The molecule has 3 nitrogen and oxygen atoms in total. The summed E-state index contributed by atoms with van der Waals surface area (Å²) in [6.07, 6.45) is 4.85. The highest BCUT2D eigenvalue weighted by Gasteiger charge is 2.30. The second kappa shape index (κ2) is 5.05. The van der Waals surface area contributed by atoms with Crippen LogP contribution in [0.4, 0.5) is 5.69 Å². The van der Waals surface area contributed by atoms with E-state index >= 15 is 0 Å². The zero-order valence-electron chi connectivity index (χ0n) is 10.9. The molecule has 0 aromatic carbocycles. The molecule has 1 aromatic rings. The first kappa shape index (κ1) is 12.4. The molecule has 0 amide bonds. The summed E-state index contributed by atoms with van der Waals surface area (Å²) in [6, 6.07) is 4.57. The van der Waals surface area contributed by atoms with Crippen molar-refractivity contribution in [3.05, 3.63) is 24.0 Å². The van der Waals surface area contributed by atoms with Gasteiger partial charge >= 0.3 is 0 Å². The van der Waals surface area contributed by atoms with E-state index < -0.39 is 6.10 Å². The number of aliphatic hydroxyl groups is 1. The predicted molar refractivity (Wildman–Crippen MR) is 70.1 cm³/mol. The summed E-state index contributed by atoms with van der Waals surface area (Å²) in [5.74, 6) is 0.848. The van der Waals surface area contributed by atoms with E-state index in [-0.39, 0.29) is 0 Å². The van der Waals surface area contributed by atoms with Crippen LogP contribution in [-0.4, -0.2) is 23.2 Å². The van der Waals surface area contributed by atoms with Crippen molar-refractivity contribution in [2.45, 2.75) is 45.3 Å². The van der Waals surface area contributed by atoms with Gasteiger partial charge < -0.3 is 10.0 Å². The Morgan fingerprint density at radius 3 is 2.65 bits per heavy atom. The van der Waals surface area contributed by atoms with Crippen molar-refractivity contribution >= 4 is 5.69 Å². The van der Waals surface area contributed by atoms with Crippen LogP contribution in [0.5, 0.6) is 0 Å². The maximum Gasteiger partial charge on any atom is 0.0957 e. The van der Waals surface area contributed by atoms with Crippen LogP contribution in [0, 0.1) is 5.92 Å². The molecule has 17 heavy (non-hydrogen) atoms. The van der Waals surface area contributed by atoms with Crippen molar-refractivity contribution in [3.8, 4) is 0 Å². The van der Waals surface area contributed by atoms with Gasteiger partial charge in [0.1, 0.15) is 0 Å². The third-order valence-electron chi connectivity index (χ3n) is 3.82. The summed E-state index contributed by atoms with van der Waals surface area (Å²) in [7, 11) is 2.12. The lowest BCUT2D eigenvalue weighted by Crippen LogP contribution is -2.30. The van der Waals surface area contributed by atoms with E-state index in [9.17, 15) is 5.11 Å². The van der Waals surface area contributed by atoms with Crippen LogP contribution >= 0.6 is 0 Å². The van der Waals surface area contributed by atoms with Gasteiger partial charge in [0.05, 0.1) is 23.7 Å². The van der Waals surface area contributed by atoms with E-state index in [0.717, 1.165) is 17.3 Å². The molecule has 2 unspecified atom stereocenters. The molecule has 1 N–H and O–H groups in total. The summed E-state index contributed by atoms with van der Waals surface area (Å²) in [6.45, 7) is 4.23. The first-order chi connectivity index (χ1) is 8.13. The van der Waals surface area contributed by atoms with Gasteiger partial charge in [-0.25, -0.2) is 0 Å². The van der Waals surface area contributed by atoms with Gasteiger partial charge in [0.25, 0.3) is 0 Å². The molecule has 0 spiro atoms. The Kier molecular flexibility index (Phi) is 3.67. The lowest BCUT2D eigenvalue weighted by atomic mass is 10.1. The highest BCUT2D eigenvalue weighted by molar-refractivity contribution is 5.45. The van der Waals surface area contributed by atoms with E-state index in [1.165, 1.54) is 12.8 Å². The molecule has 3 heteroatoms. The molecule has 1 aliphatic rings. The maximum absolute atomic E-state index is 9.69. The Hall–Kier alpha value is -1.09. The van der Waals surface area contributed by atoms with Crippen molar-refractivity contribution in [1.29, 1.82) is 0 Å². The second-order valence-corrected chi connectivity index (χ2v) is 5.05. The molecular formula is C14H22N2O. The number of nitrogens with zero attached hydrogens (tertiary/aromatic N) is 2. The van der Waals surface area contributed by atoms with Crippen LogP contribution < -0.4 is 4.90 Å². The number of hydrogen-bond donors (Lipinski definition) is 1. The minimum atomic E-state index is -0.435. The number of aliphatic hydroxyl groups excluding tert-OH is 1. The number of anilines is 1. The summed E-state index contributed by atoms with van der Waals surface area (Å²) in [5, 5.41) is 9.69. The first-order valence-electron chi connectivity index (χ1n) is 6.50. The van der Waals surface area contributed by atoms with E-state index in [1.807, 2.05) is 19.2 Å². The van der Waals surface area contributed by atoms with Gasteiger partial charge in [-0.05, 0) is 44.2 Å². The average molecular weight is 234 g/mol. The Balaban J connectivity index is 2.06. The largest absolute Gasteiger partial charge is 0.387 e. The number of pyridine rings is 1. The number of rotatable bonds is 5. The van der Waals surface area contributed by atoms with Crippen molar-refractivity contribution in [2.24, 2.45) is 5.92 Å². The average Bonchev–Trinajstić information content (AvgIpc) is 3.20. The molecule has 1 heterocycles. The van der Waals surface area contributed by atoms with Gasteiger partial charge in [-0.15, -0.1) is 0 Å². The van der Waals surface area contributed by atoms with E-state index in [2.05, 4.69) is 29.9 Å². The zero-order chi connectivity index (χ0) is 12.4. The lowest BCUT2D eigenvalue weighted by Gasteiger charge is -2.27. The Labute approximate surface area is 103 Å². The smallest absolute Gasteiger partial charge is 0.0957 e. The third kappa shape index (κ3) is 2.78. The fourth-order valence-corrected chi connectivity index (χ4v) is 2.14. The maximum atomic E-state index is 9.69. The molecule has 0 radical (unpaired) electrons. The van der Waals surface area contributed by atoms with E-state index in [4.69, 9.17) is 0 Å². The fraction of sp³-hybridized carbons (Fsp3) is 0.643. The van der Waals surface area contributed by atoms with Crippen LogP contribution in [-0.2, 0) is 0 Å². The Morgan fingerprint density at radius 2 is 2.18 bits per heavy atom. The first-order valence-corrected chi connectivity index (χ1v) is 6.50.